The third-order valence-electron chi connectivity index (χ3n) is 9.79. The van der Waals surface area contributed by atoms with E-state index in [2.05, 4.69) is 10.3 Å². The van der Waals surface area contributed by atoms with Crippen molar-refractivity contribution in [1.29, 1.82) is 0 Å². The number of ether oxygens (including phenoxy) is 5. The van der Waals surface area contributed by atoms with Crippen molar-refractivity contribution in [1.82, 2.24) is 9.55 Å². The van der Waals surface area contributed by atoms with Crippen molar-refractivity contribution in [2.45, 2.75) is 32.4 Å². The Hall–Kier alpha value is -5.63. The number of nitrogens with two attached hydrogens (primary N) is 1. The molecule has 2 fully saturated rings. The number of aromatic nitrogens is 2. The van der Waals surface area contributed by atoms with Gasteiger partial charge in [0.15, 0.2) is 11.5 Å². The van der Waals surface area contributed by atoms with Gasteiger partial charge in [-0.3, -0.25) is 9.59 Å². The molecule has 5 aromatic rings. The maximum Gasteiger partial charge on any atom is 0.261 e. The molecule has 2 saturated heterocycles. The van der Waals surface area contributed by atoms with Crippen LogP contribution in [-0.4, -0.2) is 68.3 Å². The Morgan fingerprint density at radius 3 is 2.42 bits per heavy atom. The second-order valence-electron chi connectivity index (χ2n) is 13.7. The van der Waals surface area contributed by atoms with E-state index in [-0.39, 0.29) is 45.8 Å². The number of nitrogens with zero attached hydrogens (tertiary/aromatic N) is 2. The van der Waals surface area contributed by atoms with Crippen molar-refractivity contribution >= 4 is 17.4 Å². The molecule has 2 aliphatic rings. The zero-order valence-corrected chi connectivity index (χ0v) is 30.6. The van der Waals surface area contributed by atoms with Crippen LogP contribution in [0, 0.1) is 24.5 Å². The molecule has 0 aliphatic carbocycles. The highest BCUT2D eigenvalue weighted by atomic mass is 19.1. The van der Waals surface area contributed by atoms with Crippen LogP contribution < -0.4 is 26.0 Å². The van der Waals surface area contributed by atoms with E-state index in [0.717, 1.165) is 24.5 Å². The van der Waals surface area contributed by atoms with Crippen LogP contribution in [-0.2, 0) is 20.8 Å². The minimum absolute atomic E-state index is 0.0607. The summed E-state index contributed by atoms with van der Waals surface area (Å²) in [5, 5.41) is 2.66. The molecule has 3 N–H and O–H groups in total. The van der Waals surface area contributed by atoms with Gasteiger partial charge in [-0.05, 0) is 79.3 Å². The van der Waals surface area contributed by atoms with E-state index in [4.69, 9.17) is 29.4 Å². The molecular formula is C42H42F2N4O7. The van der Waals surface area contributed by atoms with E-state index in [9.17, 15) is 9.59 Å². The number of methoxy groups -OCH3 is 1. The first-order valence-corrected chi connectivity index (χ1v) is 18.1. The molecule has 7 rings (SSSR count). The lowest BCUT2D eigenvalue weighted by Crippen LogP contribution is -2.33. The van der Waals surface area contributed by atoms with Crippen LogP contribution in [0.4, 0.5) is 20.3 Å². The van der Waals surface area contributed by atoms with Gasteiger partial charge in [0.25, 0.3) is 5.91 Å². The lowest BCUT2D eigenvalue weighted by Gasteiger charge is -2.23. The summed E-state index contributed by atoms with van der Waals surface area (Å²) in [5.74, 6) is -0.621. The molecule has 4 heterocycles. The number of hydrogen-bond donors (Lipinski definition) is 2. The smallest absolute Gasteiger partial charge is 0.261 e. The molecule has 2 aliphatic heterocycles. The van der Waals surface area contributed by atoms with E-state index in [1.165, 1.54) is 37.6 Å². The summed E-state index contributed by atoms with van der Waals surface area (Å²) >= 11 is 0. The fourth-order valence-electron chi connectivity index (χ4n) is 6.80. The molecule has 0 saturated carbocycles. The van der Waals surface area contributed by atoms with Gasteiger partial charge in [0.05, 0.1) is 26.9 Å². The van der Waals surface area contributed by atoms with E-state index in [0.29, 0.717) is 74.4 Å². The lowest BCUT2D eigenvalue weighted by molar-refractivity contribution is -0.101. The van der Waals surface area contributed by atoms with Crippen molar-refractivity contribution in [2.24, 2.45) is 5.92 Å². The molecule has 0 bridgehead atoms. The van der Waals surface area contributed by atoms with Gasteiger partial charge in [0, 0.05) is 71.9 Å². The third-order valence-corrected chi connectivity index (χ3v) is 9.79. The molecule has 0 unspecified atom stereocenters. The number of nitrogen functional groups attached to an aromatic ring is 1. The summed E-state index contributed by atoms with van der Waals surface area (Å²) in [4.78, 5) is 31.8. The number of carbonyl (C=O) groups excluding carboxylic acids is 1. The number of aryl methyl sites for hydroxylation is 1. The zero-order valence-electron chi connectivity index (χ0n) is 30.6. The van der Waals surface area contributed by atoms with Crippen LogP contribution in [0.15, 0.2) is 84.0 Å². The Kier molecular flexibility index (Phi) is 11.5. The summed E-state index contributed by atoms with van der Waals surface area (Å²) in [6, 6.07) is 15.9. The Morgan fingerprint density at radius 2 is 1.67 bits per heavy atom. The molecule has 3 aromatic carbocycles. The molecule has 11 nitrogen and oxygen atoms in total. The first kappa shape index (κ1) is 37.7. The Morgan fingerprint density at radius 1 is 0.891 bits per heavy atom. The van der Waals surface area contributed by atoms with Crippen molar-refractivity contribution in [3.63, 3.8) is 0 Å². The van der Waals surface area contributed by atoms with Gasteiger partial charge >= 0.3 is 0 Å². The van der Waals surface area contributed by atoms with Gasteiger partial charge in [-0.25, -0.2) is 13.8 Å². The molecule has 2 aromatic heterocycles. The molecule has 0 radical (unpaired) electrons. The summed E-state index contributed by atoms with van der Waals surface area (Å²) in [7, 11) is 1.54. The number of hydrogen-bond acceptors (Lipinski definition) is 9. The average Bonchev–Trinajstić information content (AvgIpc) is 3.19. The highest BCUT2D eigenvalue weighted by Crippen LogP contribution is 2.36. The SMILES string of the molecule is COc1cc(-c2cnc(N)c(-c3ccc(NC(=O)c4cn(CC5CCOCC5)cc(-c5ccc(C)cc5F)c4=O)cc3F)c2)ccc1OC[C@H]1COCCO1. The van der Waals surface area contributed by atoms with Crippen LogP contribution in [0.2, 0.25) is 0 Å². The quantitative estimate of drug-likeness (QED) is 0.148. The Balaban J connectivity index is 1.13. The number of anilines is 2. The van der Waals surface area contributed by atoms with E-state index in [1.54, 1.807) is 48.1 Å². The molecular weight excluding hydrogens is 710 g/mol. The first-order chi connectivity index (χ1) is 26.7. The van der Waals surface area contributed by atoms with Crippen LogP contribution in [0.1, 0.15) is 28.8 Å². The van der Waals surface area contributed by atoms with Crippen LogP contribution >= 0.6 is 0 Å². The van der Waals surface area contributed by atoms with E-state index >= 15 is 8.78 Å². The number of carbonyl (C=O) groups is 1. The number of benzene rings is 3. The predicted octanol–water partition coefficient (Wildman–Crippen LogP) is 6.89. The van der Waals surface area contributed by atoms with Gasteiger partial charge in [0.2, 0.25) is 5.43 Å². The zero-order chi connectivity index (χ0) is 38.5. The topological polar surface area (TPSA) is 136 Å². The van der Waals surface area contributed by atoms with Crippen molar-refractivity contribution in [3.05, 3.63) is 112 Å². The molecule has 55 heavy (non-hydrogen) atoms. The summed E-state index contributed by atoms with van der Waals surface area (Å²) in [5.41, 5.74) is 8.25. The summed E-state index contributed by atoms with van der Waals surface area (Å²) in [6.07, 6.45) is 6.10. The van der Waals surface area contributed by atoms with Crippen molar-refractivity contribution in [2.75, 3.05) is 57.8 Å². The monoisotopic (exact) mass is 752 g/mol. The van der Waals surface area contributed by atoms with E-state index in [1.807, 2.05) is 6.07 Å². The molecule has 13 heteroatoms. The van der Waals surface area contributed by atoms with Gasteiger partial charge in [-0.15, -0.1) is 0 Å². The Labute approximate surface area is 317 Å². The summed E-state index contributed by atoms with van der Waals surface area (Å²) in [6.45, 7) is 5.34. The normalized spacial score (nSPS) is 16.1. The number of nitrogens with one attached hydrogen (secondary N) is 1. The molecule has 1 atom stereocenters. The van der Waals surface area contributed by atoms with Gasteiger partial charge in [-0.1, -0.05) is 18.2 Å². The standard InChI is InChI=1S/C42H42F2N4O7/c1-25-3-6-32(36(43)15-25)34-21-48(20-26-9-11-52-12-10-26)22-35(40(34)49)42(50)47-29-5-7-31(37(44)18-29)33-16-28(19-46-41(33)45)27-4-8-38(39(17-27)51-2)55-24-30-23-53-13-14-54-30/h3-8,15-19,21-22,26,30H,9-14,20,23-24H2,1-2H3,(H2,45,46)(H,47,50)/t30-/m1/s1. The van der Waals surface area contributed by atoms with Gasteiger partial charge < -0.3 is 39.3 Å². The van der Waals surface area contributed by atoms with Crippen LogP contribution in [0.25, 0.3) is 33.4 Å². The van der Waals surface area contributed by atoms with Crippen molar-refractivity contribution in [3.8, 4) is 44.9 Å². The molecule has 286 valence electrons. The predicted molar refractivity (Wildman–Crippen MR) is 204 cm³/mol. The summed E-state index contributed by atoms with van der Waals surface area (Å²) < 4.78 is 60.9. The maximum absolute atomic E-state index is 15.9. The van der Waals surface area contributed by atoms with Gasteiger partial charge in [-0.2, -0.15) is 0 Å². The minimum Gasteiger partial charge on any atom is -0.493 e. The van der Waals surface area contributed by atoms with Crippen molar-refractivity contribution < 1.29 is 37.3 Å². The number of amides is 1. The number of rotatable bonds is 11. The fraction of sp³-hybridized carbons (Fsp3) is 0.310. The second-order valence-corrected chi connectivity index (χ2v) is 13.7. The number of pyridine rings is 2. The Bertz CT molecular complexity index is 2250. The lowest BCUT2D eigenvalue weighted by atomic mass is 9.99. The van der Waals surface area contributed by atoms with Gasteiger partial charge in [0.1, 0.15) is 35.7 Å². The highest BCUT2D eigenvalue weighted by Gasteiger charge is 2.22. The second kappa shape index (κ2) is 16.8. The minimum atomic E-state index is -0.753. The number of halogens is 2. The van der Waals surface area contributed by atoms with Crippen LogP contribution in [0.5, 0.6) is 11.5 Å². The van der Waals surface area contributed by atoms with E-state index < -0.39 is 23.0 Å². The largest absolute Gasteiger partial charge is 0.493 e. The fourth-order valence-corrected chi connectivity index (χ4v) is 6.80. The maximum atomic E-state index is 15.9. The molecule has 0 spiro atoms. The highest BCUT2D eigenvalue weighted by molar-refractivity contribution is 6.04. The average molecular weight is 753 g/mol. The molecule has 1 amide bonds. The van der Waals surface area contributed by atoms with Crippen LogP contribution in [0.3, 0.4) is 0 Å². The first-order valence-electron chi connectivity index (χ1n) is 18.1. The third kappa shape index (κ3) is 8.69.